The normalized spacial score (nSPS) is 14.0. The number of ether oxygens (including phenoxy) is 2. The summed E-state index contributed by atoms with van der Waals surface area (Å²) in [7, 11) is -3.31. The molecule has 2 atom stereocenters. The minimum Gasteiger partial charge on any atom is -0.478 e. The van der Waals surface area contributed by atoms with E-state index in [9.17, 15) is 20.0 Å². The van der Waals surface area contributed by atoms with E-state index in [1.54, 1.807) is 65.0 Å². The molecule has 1 N–H and O–H groups in total. The van der Waals surface area contributed by atoms with Crippen molar-refractivity contribution in [1.82, 2.24) is 0 Å². The molecule has 4 aromatic carbocycles. The molecule has 4 aromatic rings. The number of aliphatic hydroxyl groups is 1. The van der Waals surface area contributed by atoms with E-state index >= 15 is 0 Å². The fraction of sp³-hybridized carbons (Fsp3) is 0.256. The van der Waals surface area contributed by atoms with Crippen molar-refractivity contribution in [3.8, 4) is 6.07 Å². The first-order valence-electron chi connectivity index (χ1n) is 15.5. The van der Waals surface area contributed by atoms with Gasteiger partial charge in [0.15, 0.2) is 22.4 Å². The van der Waals surface area contributed by atoms with Crippen LogP contribution < -0.4 is 15.9 Å². The number of carbonyl (C=O) groups is 2. The first kappa shape index (κ1) is 34.2. The molecule has 0 amide bonds. The summed E-state index contributed by atoms with van der Waals surface area (Å²) < 4.78 is 12.1. The monoisotopic (exact) mass is 634 g/mol. The largest absolute Gasteiger partial charge is 0.478 e. The second-order valence-electron chi connectivity index (χ2n) is 11.5. The van der Waals surface area contributed by atoms with E-state index in [0.717, 1.165) is 15.9 Å². The number of rotatable bonds is 13. The maximum atomic E-state index is 14.8. The maximum Gasteiger partial charge on any atom is 0.319 e. The van der Waals surface area contributed by atoms with Gasteiger partial charge in [0.05, 0.1) is 18.3 Å². The van der Waals surface area contributed by atoms with Crippen LogP contribution >= 0.6 is 7.26 Å². The van der Waals surface area contributed by atoms with Crippen LogP contribution in [0.3, 0.4) is 0 Å². The predicted molar refractivity (Wildman–Crippen MR) is 185 cm³/mol. The highest BCUT2D eigenvalue weighted by Gasteiger charge is 2.65. The van der Waals surface area contributed by atoms with Gasteiger partial charge in [-0.05, 0) is 69.7 Å². The first-order chi connectivity index (χ1) is 22.1. The summed E-state index contributed by atoms with van der Waals surface area (Å²) in [5, 5.41) is 26.2. The molecule has 0 aliphatic rings. The smallest absolute Gasteiger partial charge is 0.319 e. The van der Waals surface area contributed by atoms with Crippen LogP contribution in [0.25, 0.3) is 0 Å². The zero-order valence-electron chi connectivity index (χ0n) is 27.0. The van der Waals surface area contributed by atoms with Gasteiger partial charge < -0.3 is 14.6 Å². The Balaban J connectivity index is 2.35. The molecular formula is C39H41NO5P+. The van der Waals surface area contributed by atoms with Gasteiger partial charge in [-0.1, -0.05) is 91.9 Å². The fourth-order valence-corrected chi connectivity index (χ4v) is 10.6. The van der Waals surface area contributed by atoms with Gasteiger partial charge in [0, 0.05) is 6.42 Å². The SMILES string of the molecule is CCC(=O)C(C#N)(c1ccccc1)C(C(=O)OC(C)C)/C(=C(\O)OC(C)C)[P+](c1ccccc1)(c1ccccc1)c1ccccc1. The molecule has 0 bridgehead atoms. The summed E-state index contributed by atoms with van der Waals surface area (Å²) in [4.78, 5) is 29.2. The number of hydrogen-bond acceptors (Lipinski definition) is 6. The van der Waals surface area contributed by atoms with Gasteiger partial charge in [0.25, 0.3) is 0 Å². The van der Waals surface area contributed by atoms with E-state index < -0.39 is 48.5 Å². The molecule has 7 heteroatoms. The average molecular weight is 635 g/mol. The van der Waals surface area contributed by atoms with Crippen molar-refractivity contribution in [2.75, 3.05) is 0 Å². The molecular weight excluding hydrogens is 593 g/mol. The van der Waals surface area contributed by atoms with E-state index in [1.165, 1.54) is 0 Å². The Morgan fingerprint density at radius 1 is 0.717 bits per heavy atom. The molecule has 0 spiro atoms. The third-order valence-corrected chi connectivity index (χ3v) is 12.2. The lowest BCUT2D eigenvalue weighted by Crippen LogP contribution is -2.50. The second kappa shape index (κ2) is 15.0. The lowest BCUT2D eigenvalue weighted by atomic mass is 9.67. The molecule has 4 rings (SSSR count). The number of nitriles is 1. The summed E-state index contributed by atoms with van der Waals surface area (Å²) in [5.41, 5.74) is -1.74. The van der Waals surface area contributed by atoms with Gasteiger partial charge >= 0.3 is 11.9 Å². The van der Waals surface area contributed by atoms with Crippen molar-refractivity contribution < 1.29 is 24.2 Å². The molecule has 46 heavy (non-hydrogen) atoms. The number of Topliss-reactive ketones (excluding diaryl/α,β-unsaturated/α-hetero) is 1. The van der Waals surface area contributed by atoms with Gasteiger partial charge in [0.2, 0.25) is 0 Å². The summed E-state index contributed by atoms with van der Waals surface area (Å²) in [5.74, 6) is -3.38. The molecule has 236 valence electrons. The van der Waals surface area contributed by atoms with Crippen LogP contribution in [0.2, 0.25) is 0 Å². The van der Waals surface area contributed by atoms with Gasteiger partial charge in [-0.3, -0.25) is 9.59 Å². The Morgan fingerprint density at radius 2 is 1.11 bits per heavy atom. The zero-order valence-corrected chi connectivity index (χ0v) is 27.9. The van der Waals surface area contributed by atoms with Crippen molar-refractivity contribution in [1.29, 1.82) is 5.26 Å². The highest BCUT2D eigenvalue weighted by molar-refractivity contribution is 7.99. The van der Waals surface area contributed by atoms with Crippen molar-refractivity contribution in [2.24, 2.45) is 5.92 Å². The Hall–Kier alpha value is -4.72. The number of ketones is 1. The standard InChI is InChI=1S/C39H40NO5P/c1-6-34(41)39(27-40,30-19-11-7-12-20-30)35(37(42)44-28(2)3)36(38(43)45-29(4)5)46(31-21-13-8-14-22-31,32-23-15-9-16-24-32)33-25-17-10-18-26-33/h7-26,28-29,35H,6H2,1-5H3/p+1/b38-36-. The fourth-order valence-electron chi connectivity index (χ4n) is 6.02. The predicted octanol–water partition coefficient (Wildman–Crippen LogP) is 7.14. The van der Waals surface area contributed by atoms with Gasteiger partial charge in [-0.2, -0.15) is 5.26 Å². The van der Waals surface area contributed by atoms with Crippen molar-refractivity contribution in [3.63, 3.8) is 0 Å². The van der Waals surface area contributed by atoms with Crippen molar-refractivity contribution >= 4 is 34.9 Å². The highest BCUT2D eigenvalue weighted by Crippen LogP contribution is 2.68. The van der Waals surface area contributed by atoms with Crippen LogP contribution in [0.5, 0.6) is 0 Å². The lowest BCUT2D eigenvalue weighted by Gasteiger charge is -2.38. The number of nitrogens with zero attached hydrogens (tertiary/aromatic N) is 1. The van der Waals surface area contributed by atoms with E-state index in [0.29, 0.717) is 5.56 Å². The molecule has 0 heterocycles. The van der Waals surface area contributed by atoms with Crippen LogP contribution in [-0.4, -0.2) is 29.1 Å². The molecule has 2 unspecified atom stereocenters. The van der Waals surface area contributed by atoms with Crippen LogP contribution in [0.4, 0.5) is 0 Å². The van der Waals surface area contributed by atoms with Crippen molar-refractivity contribution in [2.45, 2.75) is 58.7 Å². The maximum absolute atomic E-state index is 14.8. The second-order valence-corrected chi connectivity index (χ2v) is 14.9. The lowest BCUT2D eigenvalue weighted by molar-refractivity contribution is -0.154. The number of aliphatic hydroxyl groups excluding tert-OH is 1. The number of carbonyl (C=O) groups excluding carboxylic acids is 2. The molecule has 0 aromatic heterocycles. The number of hydrogen-bond donors (Lipinski definition) is 1. The summed E-state index contributed by atoms with van der Waals surface area (Å²) in [6.45, 7) is 8.65. The minimum atomic E-state index is -3.31. The van der Waals surface area contributed by atoms with Crippen LogP contribution in [0.1, 0.15) is 46.6 Å². The molecule has 0 saturated carbocycles. The molecule has 0 aliphatic carbocycles. The van der Waals surface area contributed by atoms with Gasteiger partial charge in [0.1, 0.15) is 23.2 Å². The first-order valence-corrected chi connectivity index (χ1v) is 17.3. The Morgan fingerprint density at radius 3 is 1.46 bits per heavy atom. The van der Waals surface area contributed by atoms with Gasteiger partial charge in [-0.15, -0.1) is 0 Å². The van der Waals surface area contributed by atoms with E-state index in [4.69, 9.17) is 9.47 Å². The quantitative estimate of drug-likeness (QED) is 0.0954. The third kappa shape index (κ3) is 6.48. The summed E-state index contributed by atoms with van der Waals surface area (Å²) in [6, 6.07) is 39.8. The highest BCUT2D eigenvalue weighted by atomic mass is 31.2. The summed E-state index contributed by atoms with van der Waals surface area (Å²) in [6.07, 6.45) is -1.12. The van der Waals surface area contributed by atoms with E-state index in [-0.39, 0.29) is 11.7 Å². The molecule has 0 saturated heterocycles. The van der Waals surface area contributed by atoms with Crippen LogP contribution in [-0.2, 0) is 24.5 Å². The van der Waals surface area contributed by atoms with Crippen LogP contribution in [0, 0.1) is 17.2 Å². The molecule has 0 radical (unpaired) electrons. The Kier molecular flexibility index (Phi) is 11.2. The van der Waals surface area contributed by atoms with E-state index in [1.807, 2.05) is 91.0 Å². The number of benzene rings is 4. The summed E-state index contributed by atoms with van der Waals surface area (Å²) >= 11 is 0. The zero-order chi connectivity index (χ0) is 33.3. The topological polar surface area (TPSA) is 96.6 Å². The Labute approximate surface area is 272 Å². The minimum absolute atomic E-state index is 0.0412. The third-order valence-electron chi connectivity index (χ3n) is 7.82. The molecule has 6 nitrogen and oxygen atoms in total. The van der Waals surface area contributed by atoms with Crippen LogP contribution in [0.15, 0.2) is 133 Å². The molecule has 0 aliphatic heterocycles. The molecule has 0 fully saturated rings. The number of esters is 1. The van der Waals surface area contributed by atoms with Gasteiger partial charge in [-0.25, -0.2) is 0 Å². The Bertz CT molecular complexity index is 1590. The van der Waals surface area contributed by atoms with Crippen molar-refractivity contribution in [3.05, 3.63) is 138 Å². The average Bonchev–Trinajstić information content (AvgIpc) is 3.07. The van der Waals surface area contributed by atoms with E-state index in [2.05, 4.69) is 6.07 Å².